The van der Waals surface area contributed by atoms with Crippen LogP contribution < -0.4 is 11.5 Å². The molecule has 5 heteroatoms. The summed E-state index contributed by atoms with van der Waals surface area (Å²) in [6, 6.07) is 0.528. The summed E-state index contributed by atoms with van der Waals surface area (Å²) in [5, 5.41) is 0. The van der Waals surface area contributed by atoms with Crippen LogP contribution in [0.25, 0.3) is 0 Å². The van der Waals surface area contributed by atoms with Crippen molar-refractivity contribution in [3.8, 4) is 0 Å². The van der Waals surface area contributed by atoms with E-state index in [2.05, 4.69) is 10.5 Å². The zero-order chi connectivity index (χ0) is 7.98. The Labute approximate surface area is 64.3 Å². The van der Waals surface area contributed by atoms with Crippen LogP contribution in [0.2, 0.25) is 0 Å². The van der Waals surface area contributed by atoms with Crippen molar-refractivity contribution < 1.29 is 9.53 Å². The molecule has 0 aromatic rings. The van der Waals surface area contributed by atoms with Gasteiger partial charge in [-0.05, 0) is 0 Å². The second kappa shape index (κ2) is 5.37. The van der Waals surface area contributed by atoms with E-state index >= 15 is 0 Å². The monoisotopic (exact) mass is 164 g/mol. The lowest BCUT2D eigenvalue weighted by Gasteiger charge is -2.18. The van der Waals surface area contributed by atoms with E-state index in [4.69, 9.17) is 5.73 Å². The van der Waals surface area contributed by atoms with Gasteiger partial charge >= 0.3 is 6.09 Å². The lowest BCUT2D eigenvalue weighted by molar-refractivity contribution is 0.182. The van der Waals surface area contributed by atoms with E-state index < -0.39 is 6.09 Å². The van der Waals surface area contributed by atoms with Gasteiger partial charge in [0.2, 0.25) is 0 Å². The zero-order valence-corrected chi connectivity index (χ0v) is 6.69. The fourth-order valence-electron chi connectivity index (χ4n) is 0.254. The maximum Gasteiger partial charge on any atom is 0.404 e. The first-order valence-electron chi connectivity index (χ1n) is 2.83. The Balaban J connectivity index is 0.000000162. The number of methoxy groups -OCH3 is 1. The van der Waals surface area contributed by atoms with Gasteiger partial charge in [0.25, 0.3) is 0 Å². The number of carbonyl (C=O) groups is 1. The van der Waals surface area contributed by atoms with Crippen LogP contribution in [0, 0.1) is 0 Å². The molecular formula is C5H12N2O2S. The number of carbonyl (C=O) groups excluding carboxylic acids is 1. The maximum absolute atomic E-state index is 9.37. The van der Waals surface area contributed by atoms with Gasteiger partial charge in [-0.3, -0.25) is 0 Å². The standard InChI is InChI=1S/C3H7NS.C2H5NO2/c4-3-1-5-2-3;1-5-2(3)4/h3H,1-2,4H2;1H3,(H2,3,4). The van der Waals surface area contributed by atoms with E-state index in [0.29, 0.717) is 6.04 Å². The van der Waals surface area contributed by atoms with E-state index in [1.165, 1.54) is 18.6 Å². The van der Waals surface area contributed by atoms with Crippen LogP contribution in [-0.4, -0.2) is 30.8 Å². The minimum Gasteiger partial charge on any atom is -0.453 e. The highest BCUT2D eigenvalue weighted by atomic mass is 32.2. The summed E-state index contributed by atoms with van der Waals surface area (Å²) in [6.07, 6.45) is -0.745. The molecule has 1 heterocycles. The fraction of sp³-hybridized carbons (Fsp3) is 0.800. The number of ether oxygens (including phenoxy) is 1. The molecule has 1 aliphatic heterocycles. The number of hydrogen-bond donors (Lipinski definition) is 2. The molecule has 1 amide bonds. The van der Waals surface area contributed by atoms with Crippen molar-refractivity contribution in [1.82, 2.24) is 0 Å². The number of nitrogens with two attached hydrogens (primary N) is 2. The van der Waals surface area contributed by atoms with Crippen LogP contribution in [0.4, 0.5) is 4.79 Å². The molecule has 0 unspecified atom stereocenters. The molecule has 4 nitrogen and oxygen atoms in total. The Morgan fingerprint density at radius 3 is 2.00 bits per heavy atom. The Morgan fingerprint density at radius 1 is 1.70 bits per heavy atom. The summed E-state index contributed by atoms with van der Waals surface area (Å²) in [4.78, 5) is 9.37. The first-order chi connectivity index (χ1) is 4.66. The number of amides is 1. The van der Waals surface area contributed by atoms with E-state index in [-0.39, 0.29) is 0 Å². The summed E-state index contributed by atoms with van der Waals surface area (Å²) in [5.41, 5.74) is 9.79. The topological polar surface area (TPSA) is 78.3 Å². The van der Waals surface area contributed by atoms with Gasteiger partial charge in [-0.15, -0.1) is 0 Å². The van der Waals surface area contributed by atoms with E-state index in [1.807, 2.05) is 11.8 Å². The molecule has 1 fully saturated rings. The first kappa shape index (κ1) is 9.58. The second-order valence-corrected chi connectivity index (χ2v) is 2.90. The summed E-state index contributed by atoms with van der Waals surface area (Å²) < 4.78 is 3.89. The minimum atomic E-state index is -0.745. The Morgan fingerprint density at radius 2 is 2.00 bits per heavy atom. The van der Waals surface area contributed by atoms with E-state index in [0.717, 1.165) is 0 Å². The van der Waals surface area contributed by atoms with Gasteiger partial charge in [-0.25, -0.2) is 4.79 Å². The van der Waals surface area contributed by atoms with Gasteiger partial charge < -0.3 is 16.2 Å². The van der Waals surface area contributed by atoms with E-state index in [9.17, 15) is 4.79 Å². The maximum atomic E-state index is 9.37. The largest absolute Gasteiger partial charge is 0.453 e. The normalized spacial score (nSPS) is 16.2. The summed E-state index contributed by atoms with van der Waals surface area (Å²) >= 11 is 1.92. The van der Waals surface area contributed by atoms with Crippen LogP contribution >= 0.6 is 11.8 Å². The molecule has 0 saturated carbocycles. The number of hydrogen-bond acceptors (Lipinski definition) is 4. The van der Waals surface area contributed by atoms with Crippen molar-refractivity contribution in [2.75, 3.05) is 18.6 Å². The summed E-state index contributed by atoms with van der Waals surface area (Å²) in [7, 11) is 1.22. The molecule has 0 spiro atoms. The molecule has 0 radical (unpaired) electrons. The Kier molecular flexibility index (Phi) is 5.15. The molecule has 0 bridgehead atoms. The van der Waals surface area contributed by atoms with Gasteiger partial charge in [0.05, 0.1) is 7.11 Å². The van der Waals surface area contributed by atoms with Gasteiger partial charge in [0, 0.05) is 17.5 Å². The molecule has 1 rings (SSSR count). The van der Waals surface area contributed by atoms with Gasteiger partial charge in [0.15, 0.2) is 0 Å². The van der Waals surface area contributed by atoms with Crippen molar-refractivity contribution in [2.45, 2.75) is 6.04 Å². The highest BCUT2D eigenvalue weighted by molar-refractivity contribution is 8.00. The van der Waals surface area contributed by atoms with Gasteiger partial charge in [-0.2, -0.15) is 11.8 Å². The van der Waals surface area contributed by atoms with Crippen molar-refractivity contribution in [2.24, 2.45) is 11.5 Å². The molecule has 4 N–H and O–H groups in total. The molecule has 1 saturated heterocycles. The SMILES string of the molecule is COC(N)=O.NC1CSC1. The van der Waals surface area contributed by atoms with Crippen LogP contribution in [0.15, 0.2) is 0 Å². The van der Waals surface area contributed by atoms with Gasteiger partial charge in [0.1, 0.15) is 0 Å². The fourth-order valence-corrected chi connectivity index (χ4v) is 0.762. The predicted molar refractivity (Wildman–Crippen MR) is 41.9 cm³/mol. The van der Waals surface area contributed by atoms with E-state index in [1.54, 1.807) is 0 Å². The van der Waals surface area contributed by atoms with Crippen molar-refractivity contribution in [1.29, 1.82) is 0 Å². The number of rotatable bonds is 0. The average Bonchev–Trinajstić information content (AvgIpc) is 1.85. The molecule has 0 aromatic carbocycles. The van der Waals surface area contributed by atoms with Crippen LogP contribution in [0.5, 0.6) is 0 Å². The van der Waals surface area contributed by atoms with Crippen molar-refractivity contribution in [3.63, 3.8) is 0 Å². The quantitative estimate of drug-likeness (QED) is 0.518. The predicted octanol–water partition coefficient (Wildman–Crippen LogP) is -0.228. The summed E-state index contributed by atoms with van der Waals surface area (Å²) in [5.74, 6) is 2.36. The highest BCUT2D eigenvalue weighted by Crippen LogP contribution is 2.13. The number of primary amides is 1. The summed E-state index contributed by atoms with van der Waals surface area (Å²) in [6.45, 7) is 0. The smallest absolute Gasteiger partial charge is 0.404 e. The third kappa shape index (κ3) is 5.71. The van der Waals surface area contributed by atoms with Crippen molar-refractivity contribution in [3.05, 3.63) is 0 Å². The molecule has 1 aliphatic rings. The zero-order valence-electron chi connectivity index (χ0n) is 5.87. The molecule has 10 heavy (non-hydrogen) atoms. The van der Waals surface area contributed by atoms with Gasteiger partial charge in [-0.1, -0.05) is 0 Å². The number of thioether (sulfide) groups is 1. The first-order valence-corrected chi connectivity index (χ1v) is 3.99. The third-order valence-corrected chi connectivity index (χ3v) is 2.19. The second-order valence-electron chi connectivity index (χ2n) is 1.82. The lowest BCUT2D eigenvalue weighted by atomic mass is 10.4. The molecule has 60 valence electrons. The Hall–Kier alpha value is -0.420. The van der Waals surface area contributed by atoms with Crippen LogP contribution in [0.1, 0.15) is 0 Å². The highest BCUT2D eigenvalue weighted by Gasteiger charge is 2.10. The third-order valence-electron chi connectivity index (χ3n) is 0.865. The van der Waals surface area contributed by atoms with Crippen LogP contribution in [0.3, 0.4) is 0 Å². The van der Waals surface area contributed by atoms with Crippen LogP contribution in [-0.2, 0) is 4.74 Å². The molecule has 0 aliphatic carbocycles. The molecular weight excluding hydrogens is 152 g/mol. The molecule has 0 atom stereocenters. The Bertz CT molecular complexity index is 106. The lowest BCUT2D eigenvalue weighted by Crippen LogP contribution is -2.33. The average molecular weight is 164 g/mol. The minimum absolute atomic E-state index is 0.528. The van der Waals surface area contributed by atoms with Crippen molar-refractivity contribution >= 4 is 17.9 Å². The molecule has 0 aromatic heterocycles.